The van der Waals surface area contributed by atoms with Crippen LogP contribution in [0.15, 0.2) is 36.4 Å². The largest absolute Gasteiger partial charge is 0.495 e. The van der Waals surface area contributed by atoms with Crippen molar-refractivity contribution in [2.75, 3.05) is 22.5 Å². The predicted octanol–water partition coefficient (Wildman–Crippen LogP) is 2.98. The maximum atomic E-state index is 12.5. The molecule has 27 heavy (non-hydrogen) atoms. The van der Waals surface area contributed by atoms with Crippen LogP contribution in [0.1, 0.15) is 22.3 Å². The van der Waals surface area contributed by atoms with E-state index in [0.717, 1.165) is 9.87 Å². The van der Waals surface area contributed by atoms with Crippen LogP contribution in [0.5, 0.6) is 5.75 Å². The smallest absolute Gasteiger partial charge is 0.255 e. The van der Waals surface area contributed by atoms with Gasteiger partial charge in [-0.05, 0) is 42.8 Å². The molecule has 2 aromatic carbocycles. The summed E-state index contributed by atoms with van der Waals surface area (Å²) in [5, 5.41) is 3.26. The number of sulfonamides is 1. The number of nitrogens with one attached hydrogen (secondary N) is 1. The molecule has 142 valence electrons. The van der Waals surface area contributed by atoms with Gasteiger partial charge in [-0.3, -0.25) is 9.59 Å². The maximum Gasteiger partial charge on any atom is 0.255 e. The Kier molecular flexibility index (Phi) is 5.12. The molecule has 9 heteroatoms. The molecule has 1 fully saturated rings. The van der Waals surface area contributed by atoms with Gasteiger partial charge >= 0.3 is 0 Å². The van der Waals surface area contributed by atoms with Crippen molar-refractivity contribution in [3.05, 3.63) is 52.5 Å². The number of ether oxygens (including phenoxy) is 1. The topological polar surface area (TPSA) is 92.8 Å². The van der Waals surface area contributed by atoms with E-state index in [1.165, 1.54) is 31.4 Å². The monoisotopic (exact) mass is 408 g/mol. The molecule has 0 saturated carbocycles. The van der Waals surface area contributed by atoms with Gasteiger partial charge in [-0.25, -0.2) is 12.7 Å². The van der Waals surface area contributed by atoms with E-state index < -0.39 is 21.8 Å². The van der Waals surface area contributed by atoms with Crippen molar-refractivity contribution in [1.82, 2.24) is 0 Å². The predicted molar refractivity (Wildman–Crippen MR) is 103 cm³/mol. The van der Waals surface area contributed by atoms with Crippen molar-refractivity contribution in [3.63, 3.8) is 0 Å². The van der Waals surface area contributed by atoms with Crippen molar-refractivity contribution in [1.29, 1.82) is 0 Å². The molecule has 1 aliphatic rings. The Balaban J connectivity index is 1.83. The van der Waals surface area contributed by atoms with Gasteiger partial charge in [-0.1, -0.05) is 11.6 Å². The van der Waals surface area contributed by atoms with Gasteiger partial charge in [0.1, 0.15) is 5.75 Å². The summed E-state index contributed by atoms with van der Waals surface area (Å²) in [4.78, 5) is 24.3. The van der Waals surface area contributed by atoms with Crippen LogP contribution in [0.4, 0.5) is 11.4 Å². The molecule has 1 heterocycles. The number of carbonyl (C=O) groups excluding carboxylic acids is 2. The minimum Gasteiger partial charge on any atom is -0.495 e. The van der Waals surface area contributed by atoms with Gasteiger partial charge in [-0.2, -0.15) is 0 Å². The van der Waals surface area contributed by atoms with E-state index in [1.807, 2.05) is 0 Å². The van der Waals surface area contributed by atoms with Crippen molar-refractivity contribution in [2.24, 2.45) is 0 Å². The molecule has 0 aromatic heterocycles. The molecule has 0 unspecified atom stereocenters. The average Bonchev–Trinajstić information content (AvgIpc) is 2.90. The second-order valence-corrected chi connectivity index (χ2v) is 8.37. The van der Waals surface area contributed by atoms with Crippen LogP contribution in [0.3, 0.4) is 0 Å². The number of hydrogen-bond acceptors (Lipinski definition) is 5. The molecule has 0 spiro atoms. The lowest BCUT2D eigenvalue weighted by Gasteiger charge is -2.15. The Labute approximate surface area is 161 Å². The van der Waals surface area contributed by atoms with Crippen LogP contribution < -0.4 is 14.4 Å². The molecular weight excluding hydrogens is 392 g/mol. The molecule has 3 rings (SSSR count). The first-order valence-electron chi connectivity index (χ1n) is 8.04. The standard InChI is InChI=1S/C18H17ClN2O5S/c1-11-9-15(16(26-2)10-14(11)19)20-18(23)12-3-5-13(6-4-12)21-17(22)7-8-27(21,24)25/h3-6,9-10H,7-8H2,1-2H3,(H,20,23). The number of aryl methyl sites for hydroxylation is 1. The number of amides is 2. The third-order valence-electron chi connectivity index (χ3n) is 4.17. The zero-order chi connectivity index (χ0) is 19.8. The first-order chi connectivity index (χ1) is 12.7. The second-order valence-electron chi connectivity index (χ2n) is 6.03. The zero-order valence-electron chi connectivity index (χ0n) is 14.7. The highest BCUT2D eigenvalue weighted by atomic mass is 35.5. The third-order valence-corrected chi connectivity index (χ3v) is 6.27. The van der Waals surface area contributed by atoms with Gasteiger partial charge in [0.25, 0.3) is 5.91 Å². The number of methoxy groups -OCH3 is 1. The van der Waals surface area contributed by atoms with Crippen LogP contribution in [0.25, 0.3) is 0 Å². The molecule has 2 amide bonds. The van der Waals surface area contributed by atoms with Gasteiger partial charge in [0, 0.05) is 23.1 Å². The lowest BCUT2D eigenvalue weighted by atomic mass is 10.1. The lowest BCUT2D eigenvalue weighted by molar-refractivity contribution is -0.116. The van der Waals surface area contributed by atoms with Gasteiger partial charge in [-0.15, -0.1) is 0 Å². The minimum absolute atomic E-state index is 0.0414. The number of anilines is 2. The Morgan fingerprint density at radius 2 is 1.89 bits per heavy atom. The van der Waals surface area contributed by atoms with E-state index in [4.69, 9.17) is 16.3 Å². The molecule has 1 saturated heterocycles. The van der Waals surface area contributed by atoms with E-state index >= 15 is 0 Å². The molecular formula is C18H17ClN2O5S. The molecule has 0 atom stereocenters. The zero-order valence-corrected chi connectivity index (χ0v) is 16.2. The highest BCUT2D eigenvalue weighted by Gasteiger charge is 2.36. The molecule has 0 aliphatic carbocycles. The van der Waals surface area contributed by atoms with Crippen molar-refractivity contribution in [2.45, 2.75) is 13.3 Å². The molecule has 7 nitrogen and oxygen atoms in total. The van der Waals surface area contributed by atoms with E-state index in [0.29, 0.717) is 22.0 Å². The Hall–Kier alpha value is -2.58. The second kappa shape index (κ2) is 7.21. The lowest BCUT2D eigenvalue weighted by Crippen LogP contribution is -2.29. The summed E-state index contributed by atoms with van der Waals surface area (Å²) in [5.41, 5.74) is 1.76. The van der Waals surface area contributed by atoms with Crippen LogP contribution in [0.2, 0.25) is 5.02 Å². The van der Waals surface area contributed by atoms with Gasteiger partial charge in [0.05, 0.1) is 24.2 Å². The fraction of sp³-hybridized carbons (Fsp3) is 0.222. The molecule has 2 aromatic rings. The quantitative estimate of drug-likeness (QED) is 0.839. The summed E-state index contributed by atoms with van der Waals surface area (Å²) >= 11 is 6.06. The van der Waals surface area contributed by atoms with Crippen molar-refractivity contribution >= 4 is 44.8 Å². The third kappa shape index (κ3) is 3.77. The summed E-state index contributed by atoms with van der Waals surface area (Å²) < 4.78 is 29.9. The normalized spacial score (nSPS) is 15.7. The summed E-state index contributed by atoms with van der Waals surface area (Å²) in [6.07, 6.45) is -0.0414. The number of benzene rings is 2. The molecule has 1 aliphatic heterocycles. The van der Waals surface area contributed by atoms with Gasteiger partial charge in [0.2, 0.25) is 15.9 Å². The number of carbonyl (C=O) groups is 2. The highest BCUT2D eigenvalue weighted by Crippen LogP contribution is 2.31. The SMILES string of the molecule is COc1cc(Cl)c(C)cc1NC(=O)c1ccc(N2C(=O)CCS2(=O)=O)cc1. The molecule has 0 bridgehead atoms. The summed E-state index contributed by atoms with van der Waals surface area (Å²) in [6.45, 7) is 1.81. The number of nitrogens with zero attached hydrogens (tertiary/aromatic N) is 1. The minimum atomic E-state index is -3.63. The molecule has 0 radical (unpaired) electrons. The van der Waals surface area contributed by atoms with E-state index in [9.17, 15) is 18.0 Å². The van der Waals surface area contributed by atoms with Crippen molar-refractivity contribution < 1.29 is 22.7 Å². The van der Waals surface area contributed by atoms with E-state index in [2.05, 4.69) is 5.32 Å². The number of hydrogen-bond donors (Lipinski definition) is 1. The summed E-state index contributed by atoms with van der Waals surface area (Å²) in [7, 11) is -2.16. The Morgan fingerprint density at radius 3 is 2.44 bits per heavy atom. The van der Waals surface area contributed by atoms with Crippen LogP contribution >= 0.6 is 11.6 Å². The average molecular weight is 409 g/mol. The maximum absolute atomic E-state index is 12.5. The van der Waals surface area contributed by atoms with Crippen LogP contribution in [-0.2, 0) is 14.8 Å². The van der Waals surface area contributed by atoms with Crippen LogP contribution in [-0.4, -0.2) is 33.1 Å². The number of rotatable bonds is 4. The fourth-order valence-corrected chi connectivity index (χ4v) is 4.35. The summed E-state index contributed by atoms with van der Waals surface area (Å²) in [5.74, 6) is -0.667. The highest BCUT2D eigenvalue weighted by molar-refractivity contribution is 7.94. The molecule has 1 N–H and O–H groups in total. The van der Waals surface area contributed by atoms with Gasteiger partial charge < -0.3 is 10.1 Å². The van der Waals surface area contributed by atoms with E-state index in [1.54, 1.807) is 19.1 Å². The first kappa shape index (κ1) is 19.2. The van der Waals surface area contributed by atoms with E-state index in [-0.39, 0.29) is 17.9 Å². The van der Waals surface area contributed by atoms with Crippen LogP contribution in [0, 0.1) is 6.92 Å². The van der Waals surface area contributed by atoms with Gasteiger partial charge in [0.15, 0.2) is 0 Å². The fourth-order valence-electron chi connectivity index (χ4n) is 2.74. The van der Waals surface area contributed by atoms with Crippen molar-refractivity contribution in [3.8, 4) is 5.75 Å². The first-order valence-corrected chi connectivity index (χ1v) is 10.0. The number of halogens is 1. The Bertz CT molecular complexity index is 1020. The Morgan fingerprint density at radius 1 is 1.22 bits per heavy atom. The summed E-state index contributed by atoms with van der Waals surface area (Å²) in [6, 6.07) is 9.09.